The van der Waals surface area contributed by atoms with Crippen LogP contribution in [0.1, 0.15) is 39.5 Å². The van der Waals surface area contributed by atoms with Gasteiger partial charge in [0.1, 0.15) is 0 Å². The van der Waals surface area contributed by atoms with Crippen molar-refractivity contribution < 1.29 is 13.7 Å². The van der Waals surface area contributed by atoms with E-state index in [0.717, 1.165) is 0 Å². The van der Waals surface area contributed by atoms with Gasteiger partial charge in [0, 0.05) is 31.8 Å². The summed E-state index contributed by atoms with van der Waals surface area (Å²) in [4.78, 5) is 20.7. The van der Waals surface area contributed by atoms with Crippen molar-refractivity contribution in [3.8, 4) is 11.6 Å². The Morgan fingerprint density at radius 2 is 2.22 bits per heavy atom. The van der Waals surface area contributed by atoms with Crippen LogP contribution in [0, 0.1) is 5.41 Å². The fourth-order valence-electron chi connectivity index (χ4n) is 2.67. The third kappa shape index (κ3) is 5.29. The maximum absolute atomic E-state index is 12.4. The molecule has 0 saturated carbocycles. The lowest BCUT2D eigenvalue weighted by molar-refractivity contribution is -0.122. The molecule has 0 radical (unpaired) electrons. The van der Waals surface area contributed by atoms with Gasteiger partial charge in [-0.25, -0.2) is 4.98 Å². The van der Waals surface area contributed by atoms with Crippen LogP contribution in [0.5, 0.6) is 0 Å². The zero-order chi connectivity index (χ0) is 19.3. The van der Waals surface area contributed by atoms with E-state index in [4.69, 9.17) is 8.94 Å². The lowest BCUT2D eigenvalue weighted by Gasteiger charge is -2.31. The highest BCUT2D eigenvalue weighted by Crippen LogP contribution is 2.21. The Morgan fingerprint density at radius 1 is 1.37 bits per heavy atom. The summed E-state index contributed by atoms with van der Waals surface area (Å²) >= 11 is 0. The summed E-state index contributed by atoms with van der Waals surface area (Å²) in [5, 5.41) is 7.03. The van der Waals surface area contributed by atoms with Crippen LogP contribution in [0.2, 0.25) is 0 Å². The van der Waals surface area contributed by atoms with E-state index in [9.17, 15) is 4.79 Å². The molecule has 0 spiro atoms. The molecule has 0 saturated heterocycles. The van der Waals surface area contributed by atoms with E-state index in [-0.39, 0.29) is 17.4 Å². The molecular formula is C19H25N5O3. The second kappa shape index (κ2) is 8.20. The van der Waals surface area contributed by atoms with Crippen LogP contribution in [-0.2, 0) is 17.8 Å². The van der Waals surface area contributed by atoms with Crippen LogP contribution in [0.25, 0.3) is 11.6 Å². The van der Waals surface area contributed by atoms with Crippen LogP contribution >= 0.6 is 0 Å². The molecular weight excluding hydrogens is 346 g/mol. The minimum atomic E-state index is -0.0651. The Kier molecular flexibility index (Phi) is 5.73. The van der Waals surface area contributed by atoms with Crippen molar-refractivity contribution in [3.05, 3.63) is 43.0 Å². The Balaban J connectivity index is 1.48. The zero-order valence-corrected chi connectivity index (χ0v) is 15.9. The summed E-state index contributed by atoms with van der Waals surface area (Å²) in [5.41, 5.74) is -0.0651. The van der Waals surface area contributed by atoms with Crippen LogP contribution in [-0.4, -0.2) is 31.6 Å². The molecule has 27 heavy (non-hydrogen) atoms. The number of aryl methyl sites for hydroxylation is 1. The Morgan fingerprint density at radius 3 is 2.89 bits per heavy atom. The molecule has 8 heteroatoms. The van der Waals surface area contributed by atoms with Crippen LogP contribution in [0.15, 0.2) is 46.1 Å². The molecule has 1 amide bonds. The van der Waals surface area contributed by atoms with Gasteiger partial charge in [-0.15, -0.1) is 0 Å². The summed E-state index contributed by atoms with van der Waals surface area (Å²) in [5.74, 6) is 1.50. The number of rotatable bonds is 8. The zero-order valence-electron chi connectivity index (χ0n) is 15.9. The molecule has 3 heterocycles. The Hall–Kier alpha value is -2.90. The lowest BCUT2D eigenvalue weighted by Crippen LogP contribution is -2.46. The number of nitrogens with one attached hydrogen (secondary N) is 1. The van der Waals surface area contributed by atoms with Crippen LogP contribution < -0.4 is 5.32 Å². The molecule has 0 unspecified atom stereocenters. The second-order valence-electron chi connectivity index (χ2n) is 7.59. The second-order valence-corrected chi connectivity index (χ2v) is 7.59. The van der Waals surface area contributed by atoms with Gasteiger partial charge in [0.15, 0.2) is 5.76 Å². The molecule has 0 aliphatic rings. The monoisotopic (exact) mass is 371 g/mol. The highest BCUT2D eigenvalue weighted by molar-refractivity contribution is 5.76. The predicted molar refractivity (Wildman–Crippen MR) is 98.6 cm³/mol. The number of aromatic nitrogens is 4. The summed E-state index contributed by atoms with van der Waals surface area (Å²) in [6, 6.07) is 3.55. The molecule has 144 valence electrons. The number of carbonyl (C=O) groups is 1. The Labute approximate surface area is 158 Å². The van der Waals surface area contributed by atoms with Crippen molar-refractivity contribution in [2.24, 2.45) is 5.41 Å². The highest BCUT2D eigenvalue weighted by Gasteiger charge is 2.26. The predicted octanol–water partition coefficient (Wildman–Crippen LogP) is 3.08. The first-order valence-corrected chi connectivity index (χ1v) is 9.03. The minimum Gasteiger partial charge on any atom is -0.461 e. The largest absolute Gasteiger partial charge is 0.461 e. The third-order valence-electron chi connectivity index (χ3n) is 4.34. The molecule has 0 aliphatic heterocycles. The molecule has 3 aromatic heterocycles. The van der Waals surface area contributed by atoms with E-state index in [1.54, 1.807) is 30.9 Å². The van der Waals surface area contributed by atoms with E-state index in [0.29, 0.717) is 43.3 Å². The van der Waals surface area contributed by atoms with Crippen molar-refractivity contribution in [1.82, 2.24) is 25.0 Å². The van der Waals surface area contributed by atoms with Crippen molar-refractivity contribution in [3.63, 3.8) is 0 Å². The van der Waals surface area contributed by atoms with Gasteiger partial charge in [0.2, 0.25) is 17.6 Å². The topological polar surface area (TPSA) is 99.0 Å². The number of furan rings is 1. The quantitative estimate of drug-likeness (QED) is 0.653. The first-order valence-electron chi connectivity index (χ1n) is 9.03. The fraction of sp³-hybridized carbons (Fsp3) is 0.474. The van der Waals surface area contributed by atoms with Gasteiger partial charge in [-0.2, -0.15) is 4.98 Å². The Bertz CT molecular complexity index is 831. The number of hydrogen-bond acceptors (Lipinski definition) is 6. The molecule has 1 N–H and O–H groups in total. The first kappa shape index (κ1) is 18.9. The van der Waals surface area contributed by atoms with E-state index in [1.807, 2.05) is 10.8 Å². The highest BCUT2D eigenvalue weighted by atomic mass is 16.5. The standard InChI is InChI=1S/C19H25N5O3/c1-19(2,3)15(12-24-10-9-20-13-24)21-16(25)7-4-8-17-22-18(23-27-17)14-6-5-11-26-14/h5-6,9-11,13,15H,4,7-8,12H2,1-3H3,(H,21,25)/t15-/m1/s1. The van der Waals surface area contributed by atoms with Crippen LogP contribution in [0.3, 0.4) is 0 Å². The molecule has 0 aliphatic carbocycles. The van der Waals surface area contributed by atoms with Gasteiger partial charge in [-0.1, -0.05) is 25.9 Å². The maximum atomic E-state index is 12.4. The number of imidazole rings is 1. The molecule has 0 aromatic carbocycles. The molecule has 3 aromatic rings. The maximum Gasteiger partial charge on any atom is 0.238 e. The van der Waals surface area contributed by atoms with Gasteiger partial charge in [0.05, 0.1) is 18.6 Å². The average molecular weight is 371 g/mol. The van der Waals surface area contributed by atoms with Crippen molar-refractivity contribution >= 4 is 5.91 Å². The van der Waals surface area contributed by atoms with E-state index in [2.05, 4.69) is 41.2 Å². The average Bonchev–Trinajstić information content (AvgIpc) is 3.35. The first-order chi connectivity index (χ1) is 12.9. The summed E-state index contributed by atoms with van der Waals surface area (Å²) < 4.78 is 12.4. The van der Waals surface area contributed by atoms with Crippen molar-refractivity contribution in [1.29, 1.82) is 0 Å². The number of nitrogens with zero attached hydrogens (tertiary/aromatic N) is 4. The summed E-state index contributed by atoms with van der Waals surface area (Å²) in [7, 11) is 0. The smallest absolute Gasteiger partial charge is 0.238 e. The fourth-order valence-corrected chi connectivity index (χ4v) is 2.67. The van der Waals surface area contributed by atoms with E-state index < -0.39 is 0 Å². The van der Waals surface area contributed by atoms with Gasteiger partial charge >= 0.3 is 0 Å². The molecule has 1 atom stereocenters. The lowest BCUT2D eigenvalue weighted by atomic mass is 9.86. The third-order valence-corrected chi connectivity index (χ3v) is 4.34. The van der Waals surface area contributed by atoms with Gasteiger partial charge < -0.3 is 18.8 Å². The molecule has 0 bridgehead atoms. The normalized spacial score (nSPS) is 12.9. The van der Waals surface area contributed by atoms with Gasteiger partial charge in [-0.05, 0) is 24.0 Å². The van der Waals surface area contributed by atoms with Gasteiger partial charge in [-0.3, -0.25) is 4.79 Å². The summed E-state index contributed by atoms with van der Waals surface area (Å²) in [6.45, 7) is 7.03. The number of carbonyl (C=O) groups excluding carboxylic acids is 1. The van der Waals surface area contributed by atoms with Crippen molar-refractivity contribution in [2.75, 3.05) is 0 Å². The molecule has 8 nitrogen and oxygen atoms in total. The number of hydrogen-bond donors (Lipinski definition) is 1. The number of amides is 1. The van der Waals surface area contributed by atoms with Gasteiger partial charge in [0.25, 0.3) is 0 Å². The minimum absolute atomic E-state index is 0.00756. The summed E-state index contributed by atoms with van der Waals surface area (Å²) in [6.07, 6.45) is 8.54. The van der Waals surface area contributed by atoms with E-state index >= 15 is 0 Å². The molecule has 0 fully saturated rings. The molecule has 3 rings (SSSR count). The van der Waals surface area contributed by atoms with Crippen LogP contribution in [0.4, 0.5) is 0 Å². The van der Waals surface area contributed by atoms with E-state index in [1.165, 1.54) is 0 Å². The SMILES string of the molecule is CC(C)(C)[C@@H](Cn1ccnc1)NC(=O)CCCc1nc(-c2ccco2)no1. The van der Waals surface area contributed by atoms with Crippen molar-refractivity contribution in [2.45, 2.75) is 52.6 Å².